The van der Waals surface area contributed by atoms with Gasteiger partial charge in [-0.1, -0.05) is 12.1 Å². The van der Waals surface area contributed by atoms with Crippen molar-refractivity contribution in [1.82, 2.24) is 0 Å². The van der Waals surface area contributed by atoms with E-state index in [1.807, 2.05) is 6.07 Å². The molecule has 2 aromatic carbocycles. The van der Waals surface area contributed by atoms with Crippen molar-refractivity contribution in [2.75, 3.05) is 11.9 Å². The molecule has 0 saturated carbocycles. The van der Waals surface area contributed by atoms with Gasteiger partial charge < -0.3 is 10.1 Å². The molecule has 1 amide bonds. The fraction of sp³-hybridized carbons (Fsp3) is 0.125. The maximum absolute atomic E-state index is 11.8. The van der Waals surface area contributed by atoms with Crippen LogP contribution in [-0.2, 0) is 9.53 Å². The molecule has 7 nitrogen and oxygen atoms in total. The van der Waals surface area contributed by atoms with Crippen LogP contribution in [-0.4, -0.2) is 23.4 Å². The summed E-state index contributed by atoms with van der Waals surface area (Å²) >= 11 is 2.06. The minimum atomic E-state index is -0.612. The first kappa shape index (κ1) is 17.9. The number of nitro groups is 1. The topological polar surface area (TPSA) is 98.5 Å². The number of esters is 1. The minimum Gasteiger partial charge on any atom is -0.452 e. The molecule has 0 unspecified atom stereocenters. The van der Waals surface area contributed by atoms with Crippen LogP contribution in [0.15, 0.2) is 42.5 Å². The van der Waals surface area contributed by atoms with E-state index in [0.29, 0.717) is 11.1 Å². The van der Waals surface area contributed by atoms with Crippen LogP contribution in [0, 0.1) is 20.6 Å². The van der Waals surface area contributed by atoms with Crippen molar-refractivity contribution in [3.05, 3.63) is 67.3 Å². The van der Waals surface area contributed by atoms with Crippen molar-refractivity contribution in [1.29, 1.82) is 0 Å². The van der Waals surface area contributed by atoms with Crippen LogP contribution in [0.5, 0.6) is 0 Å². The van der Waals surface area contributed by atoms with E-state index >= 15 is 0 Å². The number of nitrogens with zero attached hydrogens (tertiary/aromatic N) is 1. The monoisotopic (exact) mass is 440 g/mol. The minimum absolute atomic E-state index is 0.0938. The molecule has 24 heavy (non-hydrogen) atoms. The van der Waals surface area contributed by atoms with Crippen LogP contribution in [0.25, 0.3) is 0 Å². The highest BCUT2D eigenvalue weighted by Gasteiger charge is 2.14. The maximum atomic E-state index is 11.8. The molecule has 0 heterocycles. The van der Waals surface area contributed by atoms with Crippen molar-refractivity contribution in [2.45, 2.75) is 6.92 Å². The highest BCUT2D eigenvalue weighted by atomic mass is 127. The summed E-state index contributed by atoms with van der Waals surface area (Å²) in [5.74, 6) is -1.19. The Morgan fingerprint density at radius 1 is 1.25 bits per heavy atom. The number of nitrogens with one attached hydrogen (secondary N) is 1. The quantitative estimate of drug-likeness (QED) is 0.333. The normalized spacial score (nSPS) is 10.1. The van der Waals surface area contributed by atoms with E-state index in [2.05, 4.69) is 27.9 Å². The molecular weight excluding hydrogens is 427 g/mol. The number of benzene rings is 2. The average Bonchev–Trinajstić information content (AvgIpc) is 2.54. The lowest BCUT2D eigenvalue weighted by molar-refractivity contribution is -0.385. The zero-order valence-electron chi connectivity index (χ0n) is 12.6. The molecule has 0 aliphatic heterocycles. The molecule has 124 valence electrons. The number of anilines is 1. The summed E-state index contributed by atoms with van der Waals surface area (Å²) in [6, 6.07) is 11.1. The van der Waals surface area contributed by atoms with E-state index in [-0.39, 0.29) is 11.4 Å². The lowest BCUT2D eigenvalue weighted by atomic mass is 10.2. The molecule has 0 atom stereocenters. The van der Waals surface area contributed by atoms with Crippen molar-refractivity contribution >= 4 is 45.8 Å². The van der Waals surface area contributed by atoms with Crippen molar-refractivity contribution in [3.8, 4) is 0 Å². The second kappa shape index (κ2) is 7.86. The van der Waals surface area contributed by atoms with Gasteiger partial charge in [-0.25, -0.2) is 4.79 Å². The highest BCUT2D eigenvalue weighted by Crippen LogP contribution is 2.22. The van der Waals surface area contributed by atoms with Gasteiger partial charge in [-0.05, 0) is 53.8 Å². The summed E-state index contributed by atoms with van der Waals surface area (Å²) in [5, 5.41) is 13.3. The molecule has 0 bridgehead atoms. The van der Waals surface area contributed by atoms with Gasteiger partial charge in [0.25, 0.3) is 11.6 Å². The Morgan fingerprint density at radius 2 is 2.00 bits per heavy atom. The summed E-state index contributed by atoms with van der Waals surface area (Å²) in [6.45, 7) is 1.12. The van der Waals surface area contributed by atoms with Gasteiger partial charge in [0.2, 0.25) is 0 Å². The summed E-state index contributed by atoms with van der Waals surface area (Å²) in [6.07, 6.45) is 0. The Bertz CT molecular complexity index is 807. The second-order valence-electron chi connectivity index (χ2n) is 4.89. The van der Waals surface area contributed by atoms with Crippen LogP contribution in [0.2, 0.25) is 0 Å². The number of rotatable bonds is 5. The van der Waals surface area contributed by atoms with E-state index < -0.39 is 23.4 Å². The van der Waals surface area contributed by atoms with Gasteiger partial charge in [-0.2, -0.15) is 0 Å². The molecule has 0 aromatic heterocycles. The number of hydrogen-bond acceptors (Lipinski definition) is 5. The number of ether oxygens (including phenoxy) is 1. The zero-order valence-corrected chi connectivity index (χ0v) is 14.8. The maximum Gasteiger partial charge on any atom is 0.338 e. The van der Waals surface area contributed by atoms with E-state index in [1.54, 1.807) is 31.2 Å². The van der Waals surface area contributed by atoms with Gasteiger partial charge in [-0.15, -0.1) is 0 Å². The SMILES string of the molecule is Cc1ccc(NC(=O)COC(=O)c2cccc(I)c2)cc1[N+](=O)[O-]. The first-order valence-electron chi connectivity index (χ1n) is 6.84. The van der Waals surface area contributed by atoms with E-state index in [1.165, 1.54) is 12.1 Å². The molecule has 0 aliphatic rings. The number of aryl methyl sites for hydroxylation is 1. The Labute approximate surface area is 151 Å². The first-order valence-corrected chi connectivity index (χ1v) is 7.92. The van der Waals surface area contributed by atoms with E-state index in [0.717, 1.165) is 3.57 Å². The van der Waals surface area contributed by atoms with Gasteiger partial charge in [0, 0.05) is 20.9 Å². The number of carbonyl (C=O) groups is 2. The highest BCUT2D eigenvalue weighted by molar-refractivity contribution is 14.1. The number of amides is 1. The van der Waals surface area contributed by atoms with E-state index in [9.17, 15) is 19.7 Å². The third-order valence-corrected chi connectivity index (χ3v) is 3.76. The third-order valence-electron chi connectivity index (χ3n) is 3.08. The number of nitro benzene ring substituents is 1. The number of carbonyl (C=O) groups excluding carboxylic acids is 2. The predicted octanol–water partition coefficient (Wildman–Crippen LogP) is 3.30. The Morgan fingerprint density at radius 3 is 2.67 bits per heavy atom. The Hall–Kier alpha value is -2.49. The largest absolute Gasteiger partial charge is 0.452 e. The Kier molecular flexibility index (Phi) is 5.85. The fourth-order valence-electron chi connectivity index (χ4n) is 1.91. The zero-order chi connectivity index (χ0) is 17.7. The summed E-state index contributed by atoms with van der Waals surface area (Å²) in [4.78, 5) is 34.0. The van der Waals surface area contributed by atoms with Crippen molar-refractivity contribution in [2.24, 2.45) is 0 Å². The van der Waals surface area contributed by atoms with Gasteiger partial charge in [-0.3, -0.25) is 14.9 Å². The predicted molar refractivity (Wildman–Crippen MR) is 95.9 cm³/mol. The molecule has 0 radical (unpaired) electrons. The Balaban J connectivity index is 1.95. The van der Waals surface area contributed by atoms with Crippen molar-refractivity contribution < 1.29 is 19.2 Å². The standard InChI is InChI=1S/C16H13IN2O5/c1-10-5-6-13(8-14(10)19(22)23)18-15(20)9-24-16(21)11-3-2-4-12(17)7-11/h2-8H,9H2,1H3,(H,18,20). The molecule has 2 aromatic rings. The molecule has 0 aliphatic carbocycles. The van der Waals surface area contributed by atoms with Crippen LogP contribution in [0.4, 0.5) is 11.4 Å². The molecule has 0 saturated heterocycles. The molecular formula is C16H13IN2O5. The van der Waals surface area contributed by atoms with Crippen LogP contribution < -0.4 is 5.32 Å². The summed E-state index contributed by atoms with van der Waals surface area (Å²) in [5.41, 5.74) is 1.01. The van der Waals surface area contributed by atoms with Gasteiger partial charge >= 0.3 is 5.97 Å². The first-order chi connectivity index (χ1) is 11.4. The van der Waals surface area contributed by atoms with Crippen molar-refractivity contribution in [3.63, 3.8) is 0 Å². The second-order valence-corrected chi connectivity index (χ2v) is 6.14. The van der Waals surface area contributed by atoms with E-state index in [4.69, 9.17) is 4.74 Å². The lowest BCUT2D eigenvalue weighted by Gasteiger charge is -2.07. The molecule has 8 heteroatoms. The summed E-state index contributed by atoms with van der Waals surface area (Å²) < 4.78 is 5.80. The number of halogens is 1. The molecule has 1 N–H and O–H groups in total. The summed E-state index contributed by atoms with van der Waals surface area (Å²) in [7, 11) is 0. The molecule has 0 spiro atoms. The van der Waals surface area contributed by atoms with Gasteiger partial charge in [0.1, 0.15) is 0 Å². The molecule has 2 rings (SSSR count). The third kappa shape index (κ3) is 4.75. The van der Waals surface area contributed by atoms with Crippen LogP contribution in [0.1, 0.15) is 15.9 Å². The van der Waals surface area contributed by atoms with Gasteiger partial charge in [0.05, 0.1) is 10.5 Å². The number of hydrogen-bond donors (Lipinski definition) is 1. The smallest absolute Gasteiger partial charge is 0.338 e. The molecule has 0 fully saturated rings. The lowest BCUT2D eigenvalue weighted by Crippen LogP contribution is -2.21. The average molecular weight is 440 g/mol. The fourth-order valence-corrected chi connectivity index (χ4v) is 2.45. The van der Waals surface area contributed by atoms with Crippen LogP contribution in [0.3, 0.4) is 0 Å². The van der Waals surface area contributed by atoms with Crippen LogP contribution >= 0.6 is 22.6 Å². The van der Waals surface area contributed by atoms with Gasteiger partial charge in [0.15, 0.2) is 6.61 Å².